The second kappa shape index (κ2) is 9.87. The van der Waals surface area contributed by atoms with Crippen molar-refractivity contribution >= 4 is 29.6 Å². The van der Waals surface area contributed by atoms with Crippen molar-refractivity contribution in [2.24, 2.45) is 0 Å². The van der Waals surface area contributed by atoms with E-state index >= 15 is 0 Å². The largest absolute Gasteiger partial charge is 0.493 e. The highest BCUT2D eigenvalue weighted by atomic mass is 32.1. The fourth-order valence-electron chi connectivity index (χ4n) is 3.58. The van der Waals surface area contributed by atoms with Crippen LogP contribution in [0, 0.1) is 6.92 Å². The molecule has 0 bridgehead atoms. The normalized spacial score (nSPS) is 11.1. The van der Waals surface area contributed by atoms with Gasteiger partial charge in [-0.2, -0.15) is 0 Å². The lowest BCUT2D eigenvalue weighted by atomic mass is 10.2. The number of carbonyl (C=O) groups is 1. The maximum absolute atomic E-state index is 10.6. The minimum Gasteiger partial charge on any atom is -0.493 e. The first-order chi connectivity index (χ1) is 15.5. The van der Waals surface area contributed by atoms with Gasteiger partial charge in [-0.3, -0.25) is 14.3 Å². The summed E-state index contributed by atoms with van der Waals surface area (Å²) in [4.78, 5) is 20.7. The first-order valence-corrected chi connectivity index (χ1v) is 11.1. The van der Waals surface area contributed by atoms with Gasteiger partial charge in [-0.25, -0.2) is 4.98 Å². The van der Waals surface area contributed by atoms with Crippen molar-refractivity contribution in [2.75, 3.05) is 6.61 Å². The van der Waals surface area contributed by atoms with E-state index in [2.05, 4.69) is 53.4 Å². The standard InChI is InChI=1S/C25H25N3O3S/c1-17-9-11-18(12-10-17)28-21-15-19(31-14-6-2-3-8-23(29)30)16-22(32)24(21)27-25(28)20-7-4-5-13-26-20/h4-5,7,9-13,15-16,32H,2-3,6,8,14H2,1H3,(H,29,30). The summed E-state index contributed by atoms with van der Waals surface area (Å²) < 4.78 is 8.05. The summed E-state index contributed by atoms with van der Waals surface area (Å²) in [5.41, 5.74) is 4.61. The molecule has 7 heteroatoms. The van der Waals surface area contributed by atoms with E-state index in [0.29, 0.717) is 18.8 Å². The van der Waals surface area contributed by atoms with Crippen LogP contribution in [-0.4, -0.2) is 32.2 Å². The van der Waals surface area contributed by atoms with E-state index in [1.165, 1.54) is 5.56 Å². The van der Waals surface area contributed by atoms with Gasteiger partial charge in [0.1, 0.15) is 17.0 Å². The number of imidazole rings is 1. The van der Waals surface area contributed by atoms with Crippen LogP contribution in [0.25, 0.3) is 28.2 Å². The number of carboxylic acids is 1. The molecule has 6 nitrogen and oxygen atoms in total. The number of pyridine rings is 1. The number of fused-ring (bicyclic) bond motifs is 1. The molecule has 2 aromatic carbocycles. The predicted molar refractivity (Wildman–Crippen MR) is 128 cm³/mol. The summed E-state index contributed by atoms with van der Waals surface area (Å²) in [6.45, 7) is 2.58. The molecule has 0 radical (unpaired) electrons. The number of hydrogen-bond acceptors (Lipinski definition) is 5. The number of aliphatic carboxylic acids is 1. The van der Waals surface area contributed by atoms with Crippen LogP contribution in [-0.2, 0) is 4.79 Å². The van der Waals surface area contributed by atoms with Gasteiger partial charge in [0.15, 0.2) is 5.82 Å². The van der Waals surface area contributed by atoms with Crippen LogP contribution in [0.2, 0.25) is 0 Å². The number of aromatic nitrogens is 3. The Hall–Kier alpha value is -3.32. The van der Waals surface area contributed by atoms with E-state index in [4.69, 9.17) is 14.8 Å². The second-order valence-electron chi connectivity index (χ2n) is 7.68. The van der Waals surface area contributed by atoms with Crippen molar-refractivity contribution in [3.05, 3.63) is 66.4 Å². The number of benzene rings is 2. The molecule has 2 heterocycles. The third kappa shape index (κ3) is 4.94. The number of hydrogen-bond donors (Lipinski definition) is 2. The molecule has 0 aliphatic rings. The molecular formula is C25H25N3O3S. The molecule has 0 saturated heterocycles. The molecule has 0 aliphatic heterocycles. The number of carboxylic acid groups (broad SMARTS) is 1. The zero-order valence-corrected chi connectivity index (χ0v) is 18.8. The number of rotatable bonds is 9. The van der Waals surface area contributed by atoms with Crippen molar-refractivity contribution in [2.45, 2.75) is 37.5 Å². The Morgan fingerprint density at radius 3 is 2.62 bits per heavy atom. The minimum atomic E-state index is -0.760. The van der Waals surface area contributed by atoms with Gasteiger partial charge in [0, 0.05) is 29.3 Å². The molecule has 4 aromatic rings. The molecule has 0 amide bonds. The second-order valence-corrected chi connectivity index (χ2v) is 8.17. The van der Waals surface area contributed by atoms with Crippen LogP contribution in [0.4, 0.5) is 0 Å². The quantitative estimate of drug-likeness (QED) is 0.254. The van der Waals surface area contributed by atoms with Crippen LogP contribution in [0.3, 0.4) is 0 Å². The highest BCUT2D eigenvalue weighted by Gasteiger charge is 2.18. The number of aryl methyl sites for hydroxylation is 1. The molecule has 2 aromatic heterocycles. The summed E-state index contributed by atoms with van der Waals surface area (Å²) in [6.07, 6.45) is 4.22. The van der Waals surface area contributed by atoms with E-state index in [9.17, 15) is 4.79 Å². The lowest BCUT2D eigenvalue weighted by molar-refractivity contribution is -0.137. The maximum Gasteiger partial charge on any atom is 0.303 e. The third-order valence-corrected chi connectivity index (χ3v) is 5.54. The monoisotopic (exact) mass is 447 g/mol. The molecule has 32 heavy (non-hydrogen) atoms. The van der Waals surface area contributed by atoms with Crippen molar-refractivity contribution < 1.29 is 14.6 Å². The van der Waals surface area contributed by atoms with Crippen LogP contribution in [0.1, 0.15) is 31.2 Å². The molecular weight excluding hydrogens is 422 g/mol. The molecule has 4 rings (SSSR count). The maximum atomic E-state index is 10.6. The van der Waals surface area contributed by atoms with Crippen LogP contribution in [0.5, 0.6) is 5.75 Å². The SMILES string of the molecule is Cc1ccc(-n2c(-c3ccccn3)nc3c(S)cc(OCCCCCC(=O)O)cc32)cc1. The number of unbranched alkanes of at least 4 members (excludes halogenated alkanes) is 2. The molecule has 0 unspecified atom stereocenters. The first kappa shape index (κ1) is 21.9. The first-order valence-electron chi connectivity index (χ1n) is 10.6. The predicted octanol–water partition coefficient (Wildman–Crippen LogP) is 5.71. The van der Waals surface area contributed by atoms with Crippen molar-refractivity contribution in [1.29, 1.82) is 0 Å². The van der Waals surface area contributed by atoms with Crippen molar-refractivity contribution in [3.8, 4) is 23.0 Å². The molecule has 0 fully saturated rings. The van der Waals surface area contributed by atoms with E-state index in [0.717, 1.165) is 46.0 Å². The van der Waals surface area contributed by atoms with E-state index in [-0.39, 0.29) is 6.42 Å². The summed E-state index contributed by atoms with van der Waals surface area (Å²) in [6, 6.07) is 17.9. The van der Waals surface area contributed by atoms with E-state index in [1.54, 1.807) is 6.20 Å². The minimum absolute atomic E-state index is 0.193. The lowest BCUT2D eigenvalue weighted by Crippen LogP contribution is -2.01. The highest BCUT2D eigenvalue weighted by Crippen LogP contribution is 2.34. The number of nitrogens with zero attached hydrogens (tertiary/aromatic N) is 3. The average molecular weight is 448 g/mol. The van der Waals surface area contributed by atoms with Crippen LogP contribution < -0.4 is 4.74 Å². The summed E-state index contributed by atoms with van der Waals surface area (Å²) in [7, 11) is 0. The summed E-state index contributed by atoms with van der Waals surface area (Å²) in [5, 5.41) is 8.75. The van der Waals surface area contributed by atoms with Crippen LogP contribution >= 0.6 is 12.6 Å². The smallest absolute Gasteiger partial charge is 0.303 e. The molecule has 0 spiro atoms. The van der Waals surface area contributed by atoms with Crippen molar-refractivity contribution in [1.82, 2.24) is 14.5 Å². The third-order valence-electron chi connectivity index (χ3n) is 5.20. The summed E-state index contributed by atoms with van der Waals surface area (Å²) in [5.74, 6) is 0.691. The fourth-order valence-corrected chi connectivity index (χ4v) is 3.88. The zero-order chi connectivity index (χ0) is 22.5. The van der Waals surface area contributed by atoms with Crippen LogP contribution in [0.15, 0.2) is 65.7 Å². The Kier molecular flexibility index (Phi) is 6.75. The lowest BCUT2D eigenvalue weighted by Gasteiger charge is -2.11. The van der Waals surface area contributed by atoms with Gasteiger partial charge in [-0.15, -0.1) is 12.6 Å². The molecule has 0 saturated carbocycles. The molecule has 1 N–H and O–H groups in total. The van der Waals surface area contributed by atoms with Gasteiger partial charge >= 0.3 is 5.97 Å². The molecule has 164 valence electrons. The zero-order valence-electron chi connectivity index (χ0n) is 17.9. The van der Waals surface area contributed by atoms with E-state index in [1.807, 2.05) is 30.3 Å². The van der Waals surface area contributed by atoms with Gasteiger partial charge in [0.05, 0.1) is 12.1 Å². The van der Waals surface area contributed by atoms with Gasteiger partial charge in [-0.1, -0.05) is 23.8 Å². The fraction of sp³-hybridized carbons (Fsp3) is 0.240. The summed E-state index contributed by atoms with van der Waals surface area (Å²) >= 11 is 4.68. The number of ether oxygens (including phenoxy) is 1. The van der Waals surface area contributed by atoms with Gasteiger partial charge in [0.25, 0.3) is 0 Å². The molecule has 0 atom stereocenters. The Bertz CT molecular complexity index is 1220. The Morgan fingerprint density at radius 1 is 1.09 bits per heavy atom. The van der Waals surface area contributed by atoms with Gasteiger partial charge in [-0.05, 0) is 56.5 Å². The van der Waals surface area contributed by atoms with Gasteiger partial charge < -0.3 is 9.84 Å². The Labute approximate surface area is 192 Å². The Morgan fingerprint density at radius 2 is 1.91 bits per heavy atom. The average Bonchev–Trinajstić information content (AvgIpc) is 3.17. The van der Waals surface area contributed by atoms with Gasteiger partial charge in [0.2, 0.25) is 0 Å². The number of thiol groups is 1. The highest BCUT2D eigenvalue weighted by molar-refractivity contribution is 7.80. The van der Waals surface area contributed by atoms with E-state index < -0.39 is 5.97 Å². The topological polar surface area (TPSA) is 77.2 Å². The Balaban J connectivity index is 1.69. The molecule has 0 aliphatic carbocycles. The van der Waals surface area contributed by atoms with Crippen molar-refractivity contribution in [3.63, 3.8) is 0 Å².